The molecule has 16 heavy (non-hydrogen) atoms. The lowest BCUT2D eigenvalue weighted by Crippen LogP contribution is -1.88. The first-order valence-corrected chi connectivity index (χ1v) is 7.28. The van der Waals surface area contributed by atoms with Crippen LogP contribution in [0, 0.1) is 10.1 Å². The zero-order chi connectivity index (χ0) is 11.4. The Hall–Kier alpha value is -1.05. The predicted octanol–water partition coefficient (Wildman–Crippen LogP) is 3.85. The maximum Gasteiger partial charge on any atom is 0.283 e. The first kappa shape index (κ1) is 11.4. The first-order chi connectivity index (χ1) is 7.77. The van der Waals surface area contributed by atoms with E-state index in [0.717, 1.165) is 4.34 Å². The summed E-state index contributed by atoms with van der Waals surface area (Å²) in [7, 11) is 2.79. The van der Waals surface area contributed by atoms with Gasteiger partial charge in [0.25, 0.3) is 5.69 Å². The molecular weight excluding hydrogens is 264 g/mol. The van der Waals surface area contributed by atoms with Crippen LogP contribution in [0.25, 0.3) is 0 Å². The summed E-state index contributed by atoms with van der Waals surface area (Å²) < 4.78 is 0.892. The molecule has 2 rings (SSSR count). The summed E-state index contributed by atoms with van der Waals surface area (Å²) >= 11 is 1.52. The molecule has 82 valence electrons. The van der Waals surface area contributed by atoms with Crippen LogP contribution >= 0.6 is 32.9 Å². The van der Waals surface area contributed by atoms with E-state index in [2.05, 4.69) is 4.98 Å². The van der Waals surface area contributed by atoms with Crippen molar-refractivity contribution in [2.45, 2.75) is 9.24 Å². The van der Waals surface area contributed by atoms with E-state index in [1.54, 1.807) is 24.4 Å². The van der Waals surface area contributed by atoms with Gasteiger partial charge in [0.15, 0.2) is 4.34 Å². The molecule has 1 heterocycles. The number of hydrogen-bond donors (Lipinski definition) is 0. The lowest BCUT2D eigenvalue weighted by molar-refractivity contribution is -0.387. The van der Waals surface area contributed by atoms with Crippen molar-refractivity contribution in [1.82, 2.24) is 4.98 Å². The summed E-state index contributed by atoms with van der Waals surface area (Å²) in [6.07, 6.45) is 1.72. The van der Waals surface area contributed by atoms with E-state index in [1.165, 1.54) is 39.0 Å². The molecule has 0 aliphatic rings. The van der Waals surface area contributed by atoms with E-state index >= 15 is 0 Å². The molecule has 0 N–H and O–H groups in total. The van der Waals surface area contributed by atoms with E-state index in [-0.39, 0.29) is 10.6 Å². The number of para-hydroxylation sites is 1. The topological polar surface area (TPSA) is 56.0 Å². The van der Waals surface area contributed by atoms with Crippen molar-refractivity contribution < 1.29 is 4.92 Å². The van der Waals surface area contributed by atoms with Crippen LogP contribution in [0.2, 0.25) is 0 Å². The largest absolute Gasteiger partial charge is 0.283 e. The molecule has 0 unspecified atom stereocenters. The van der Waals surface area contributed by atoms with Gasteiger partial charge < -0.3 is 0 Å². The number of nitro groups is 1. The first-order valence-electron chi connectivity index (χ1n) is 4.25. The fourth-order valence-corrected chi connectivity index (χ4v) is 4.02. The molecule has 1 aromatic heterocycles. The third-order valence-corrected chi connectivity index (χ3v) is 5.21. The van der Waals surface area contributed by atoms with Gasteiger partial charge in [0.1, 0.15) is 0 Å². The summed E-state index contributed by atoms with van der Waals surface area (Å²) in [6.45, 7) is 0. The van der Waals surface area contributed by atoms with Crippen molar-refractivity contribution in [3.05, 3.63) is 46.0 Å². The highest BCUT2D eigenvalue weighted by molar-refractivity contribution is 8.77. The van der Waals surface area contributed by atoms with Crippen LogP contribution in [0.15, 0.2) is 45.1 Å². The van der Waals surface area contributed by atoms with Gasteiger partial charge in [0.2, 0.25) is 0 Å². The summed E-state index contributed by atoms with van der Waals surface area (Å²) in [5.41, 5.74) is 0.136. The number of benzene rings is 1. The summed E-state index contributed by atoms with van der Waals surface area (Å²) in [4.78, 5) is 15.1. The Balaban J connectivity index is 2.12. The van der Waals surface area contributed by atoms with Crippen molar-refractivity contribution in [2.24, 2.45) is 0 Å². The normalized spacial score (nSPS) is 10.2. The van der Waals surface area contributed by atoms with Crippen molar-refractivity contribution in [1.29, 1.82) is 0 Å². The van der Waals surface area contributed by atoms with E-state index in [1.807, 2.05) is 5.38 Å². The number of nitro benzene ring substituents is 1. The molecule has 0 saturated carbocycles. The maximum atomic E-state index is 10.8. The van der Waals surface area contributed by atoms with Gasteiger partial charge in [-0.25, -0.2) is 4.98 Å². The fourth-order valence-electron chi connectivity index (χ4n) is 1.01. The van der Waals surface area contributed by atoms with Crippen LogP contribution in [-0.2, 0) is 0 Å². The van der Waals surface area contributed by atoms with Gasteiger partial charge >= 0.3 is 0 Å². The van der Waals surface area contributed by atoms with Crippen LogP contribution in [0.3, 0.4) is 0 Å². The van der Waals surface area contributed by atoms with Crippen LogP contribution in [-0.4, -0.2) is 9.91 Å². The molecule has 7 heteroatoms. The third-order valence-electron chi connectivity index (χ3n) is 1.67. The van der Waals surface area contributed by atoms with Crippen molar-refractivity contribution in [2.75, 3.05) is 0 Å². The number of rotatable bonds is 4. The molecule has 0 bridgehead atoms. The Morgan fingerprint density at radius 1 is 1.31 bits per heavy atom. The number of hydrogen-bond acceptors (Lipinski definition) is 6. The van der Waals surface area contributed by atoms with Gasteiger partial charge in [-0.1, -0.05) is 12.1 Å². The second kappa shape index (κ2) is 5.33. The second-order valence-corrected chi connectivity index (χ2v) is 6.00. The highest BCUT2D eigenvalue weighted by Crippen LogP contribution is 2.41. The van der Waals surface area contributed by atoms with Gasteiger partial charge in [0.05, 0.1) is 9.82 Å². The lowest BCUT2D eigenvalue weighted by atomic mass is 10.3. The molecule has 1 aromatic carbocycles. The highest BCUT2D eigenvalue weighted by atomic mass is 33.1. The molecule has 0 aliphatic carbocycles. The summed E-state index contributed by atoms with van der Waals surface area (Å²) in [6, 6.07) is 6.70. The molecule has 4 nitrogen and oxygen atoms in total. The number of aromatic nitrogens is 1. The van der Waals surface area contributed by atoms with Crippen molar-refractivity contribution in [3.8, 4) is 0 Å². The van der Waals surface area contributed by atoms with Gasteiger partial charge in [-0.15, -0.1) is 11.3 Å². The molecule has 0 spiro atoms. The quantitative estimate of drug-likeness (QED) is 0.480. The van der Waals surface area contributed by atoms with E-state index in [9.17, 15) is 10.1 Å². The zero-order valence-corrected chi connectivity index (χ0v) is 10.3. The summed E-state index contributed by atoms with van der Waals surface area (Å²) in [5.74, 6) is 0. The number of nitrogens with zero attached hydrogens (tertiary/aromatic N) is 2. The van der Waals surface area contributed by atoms with Crippen LogP contribution < -0.4 is 0 Å². The standard InChI is InChI=1S/C9H6N2O2S3/c12-11(13)7-3-1-2-4-8(7)15-16-9-10-5-6-14-9/h1-6H. The minimum absolute atomic E-state index is 0.136. The smallest absolute Gasteiger partial charge is 0.258 e. The molecular formula is C9H6N2O2S3. The van der Waals surface area contributed by atoms with Gasteiger partial charge in [-0.3, -0.25) is 10.1 Å². The van der Waals surface area contributed by atoms with E-state index in [4.69, 9.17) is 0 Å². The fraction of sp³-hybridized carbons (Fsp3) is 0. The van der Waals surface area contributed by atoms with Crippen molar-refractivity contribution in [3.63, 3.8) is 0 Å². The van der Waals surface area contributed by atoms with E-state index < -0.39 is 0 Å². The Bertz CT molecular complexity index is 487. The summed E-state index contributed by atoms with van der Waals surface area (Å²) in [5, 5.41) is 12.6. The Kier molecular flexibility index (Phi) is 3.81. The molecule has 0 amide bonds. The average Bonchev–Trinajstić information content (AvgIpc) is 2.79. The molecule has 2 aromatic rings. The maximum absolute atomic E-state index is 10.8. The molecule has 0 aliphatic heterocycles. The Morgan fingerprint density at radius 3 is 2.81 bits per heavy atom. The Morgan fingerprint density at radius 2 is 2.12 bits per heavy atom. The molecule has 0 radical (unpaired) electrons. The minimum atomic E-state index is -0.370. The lowest BCUT2D eigenvalue weighted by Gasteiger charge is -1.99. The monoisotopic (exact) mass is 270 g/mol. The van der Waals surface area contributed by atoms with E-state index in [0.29, 0.717) is 4.90 Å². The zero-order valence-electron chi connectivity index (χ0n) is 7.90. The molecule has 0 atom stereocenters. The molecule has 0 saturated heterocycles. The minimum Gasteiger partial charge on any atom is -0.258 e. The van der Waals surface area contributed by atoms with Crippen LogP contribution in [0.1, 0.15) is 0 Å². The van der Waals surface area contributed by atoms with Crippen LogP contribution in [0.5, 0.6) is 0 Å². The molecule has 0 fully saturated rings. The van der Waals surface area contributed by atoms with Gasteiger partial charge in [-0.2, -0.15) is 0 Å². The van der Waals surface area contributed by atoms with Gasteiger partial charge in [-0.05, 0) is 27.7 Å². The SMILES string of the molecule is O=[N+]([O-])c1ccccc1SSc1nccs1. The average molecular weight is 270 g/mol. The Labute approximate surface area is 104 Å². The third kappa shape index (κ3) is 2.75. The van der Waals surface area contributed by atoms with Crippen molar-refractivity contribution >= 4 is 38.6 Å². The predicted molar refractivity (Wildman–Crippen MR) is 66.9 cm³/mol. The highest BCUT2D eigenvalue weighted by Gasteiger charge is 2.13. The van der Waals surface area contributed by atoms with Gasteiger partial charge in [0, 0.05) is 17.6 Å². The van der Waals surface area contributed by atoms with Crippen LogP contribution in [0.4, 0.5) is 5.69 Å². The number of thiazole rings is 1. The second-order valence-electron chi connectivity index (χ2n) is 2.69.